The normalized spacial score (nSPS) is 16.3. The maximum Gasteiger partial charge on any atom is 0.494 e. The number of nitrogens with zero attached hydrogens (tertiary/aromatic N) is 3. The van der Waals surface area contributed by atoms with Crippen LogP contribution in [0.5, 0.6) is 0 Å². The maximum atomic E-state index is 6.27. The lowest BCUT2D eigenvalue weighted by molar-refractivity contribution is 0.00578. The second-order valence-corrected chi connectivity index (χ2v) is 10.4. The summed E-state index contributed by atoms with van der Waals surface area (Å²) in [7, 11) is -0.442. The van der Waals surface area contributed by atoms with Gasteiger partial charge in [-0.3, -0.25) is 0 Å². The third kappa shape index (κ3) is 4.43. The number of benzene rings is 3. The minimum atomic E-state index is -0.442. The zero-order chi connectivity index (χ0) is 25.6. The first-order valence-electron chi connectivity index (χ1n) is 12.6. The lowest BCUT2D eigenvalue weighted by Crippen LogP contribution is -2.41. The minimum Gasteiger partial charge on any atom is -0.399 e. The molecule has 6 rings (SSSR count). The maximum absolute atomic E-state index is 6.27. The van der Waals surface area contributed by atoms with E-state index in [1.807, 2.05) is 60.7 Å². The van der Waals surface area contributed by atoms with Gasteiger partial charge in [-0.1, -0.05) is 78.9 Å². The molecule has 1 aliphatic rings. The van der Waals surface area contributed by atoms with Crippen molar-refractivity contribution in [1.82, 2.24) is 15.0 Å². The van der Waals surface area contributed by atoms with Gasteiger partial charge in [0.2, 0.25) is 0 Å². The van der Waals surface area contributed by atoms with Crippen LogP contribution in [0.15, 0.2) is 97.1 Å². The summed E-state index contributed by atoms with van der Waals surface area (Å²) in [6.07, 6.45) is 0. The van der Waals surface area contributed by atoms with E-state index in [1.165, 1.54) is 0 Å². The highest BCUT2D eigenvalue weighted by Crippen LogP contribution is 2.36. The van der Waals surface area contributed by atoms with Gasteiger partial charge in [0.05, 0.1) is 28.1 Å². The summed E-state index contributed by atoms with van der Waals surface area (Å²) in [5.74, 6) is 0.586. The summed E-state index contributed by atoms with van der Waals surface area (Å²) in [5, 5.41) is 1.03. The fraction of sp³-hybridized carbons (Fsp3) is 0.194. The van der Waals surface area contributed by atoms with Gasteiger partial charge in [-0.15, -0.1) is 0 Å². The van der Waals surface area contributed by atoms with Gasteiger partial charge < -0.3 is 9.31 Å². The fourth-order valence-electron chi connectivity index (χ4n) is 4.46. The molecule has 1 aliphatic heterocycles. The standard InChI is InChI=1S/C31H28BN3O2/c1-30(2)31(3,4)37-32(36-30)24-17-15-23-16-18-25(33-26(23)19-24)29-34-27(21-11-7-5-8-12-21)20-28(35-29)22-13-9-6-10-14-22/h5-20H,1-4H3. The van der Waals surface area contributed by atoms with Gasteiger partial charge >= 0.3 is 7.12 Å². The van der Waals surface area contributed by atoms with Crippen molar-refractivity contribution in [3.8, 4) is 34.0 Å². The molecule has 0 amide bonds. The van der Waals surface area contributed by atoms with Gasteiger partial charge in [0.1, 0.15) is 5.69 Å². The second-order valence-electron chi connectivity index (χ2n) is 10.4. The van der Waals surface area contributed by atoms with Gasteiger partial charge in [0, 0.05) is 16.5 Å². The number of pyridine rings is 1. The van der Waals surface area contributed by atoms with Crippen LogP contribution >= 0.6 is 0 Å². The Labute approximate surface area is 217 Å². The molecule has 182 valence electrons. The summed E-state index contributed by atoms with van der Waals surface area (Å²) >= 11 is 0. The van der Waals surface area contributed by atoms with Gasteiger partial charge in [-0.05, 0) is 51.4 Å². The number of aromatic nitrogens is 3. The molecule has 0 N–H and O–H groups in total. The van der Waals surface area contributed by atoms with Gasteiger partial charge in [-0.25, -0.2) is 15.0 Å². The third-order valence-electron chi connectivity index (χ3n) is 7.34. The van der Waals surface area contributed by atoms with Gasteiger partial charge in [-0.2, -0.15) is 0 Å². The Morgan fingerprint density at radius 3 is 1.68 bits per heavy atom. The summed E-state index contributed by atoms with van der Waals surface area (Å²) in [6, 6.07) is 32.6. The highest BCUT2D eigenvalue weighted by atomic mass is 16.7. The van der Waals surface area contributed by atoms with Crippen LogP contribution in [0.3, 0.4) is 0 Å². The van der Waals surface area contributed by atoms with Crippen LogP contribution in [0.25, 0.3) is 44.9 Å². The van der Waals surface area contributed by atoms with E-state index in [-0.39, 0.29) is 0 Å². The first-order chi connectivity index (χ1) is 17.8. The molecule has 3 heterocycles. The Hall–Kier alpha value is -3.87. The van der Waals surface area contributed by atoms with E-state index < -0.39 is 18.3 Å². The average molecular weight is 485 g/mol. The largest absolute Gasteiger partial charge is 0.494 e. The molecule has 0 spiro atoms. The van der Waals surface area contributed by atoms with Crippen molar-refractivity contribution in [2.45, 2.75) is 38.9 Å². The Bertz CT molecular complexity index is 1510. The van der Waals surface area contributed by atoms with E-state index >= 15 is 0 Å². The van der Waals surface area contributed by atoms with Gasteiger partial charge in [0.15, 0.2) is 5.82 Å². The molecule has 0 unspecified atom stereocenters. The molecular formula is C31H28BN3O2. The molecule has 0 aliphatic carbocycles. The molecule has 0 bridgehead atoms. The Morgan fingerprint density at radius 1 is 0.568 bits per heavy atom. The zero-order valence-electron chi connectivity index (χ0n) is 21.5. The SMILES string of the molecule is CC1(C)OB(c2ccc3ccc(-c4nc(-c5ccccc5)cc(-c5ccccc5)n4)nc3c2)OC1(C)C. The minimum absolute atomic E-state index is 0.401. The monoisotopic (exact) mass is 485 g/mol. The lowest BCUT2D eigenvalue weighted by Gasteiger charge is -2.32. The molecular weight excluding hydrogens is 457 g/mol. The van der Waals surface area contributed by atoms with E-state index in [2.05, 4.69) is 64.1 Å². The van der Waals surface area contributed by atoms with Crippen LogP contribution in [0.4, 0.5) is 0 Å². The number of hydrogen-bond donors (Lipinski definition) is 0. The number of hydrogen-bond acceptors (Lipinski definition) is 5. The first-order valence-corrected chi connectivity index (χ1v) is 12.6. The Kier molecular flexibility index (Phi) is 5.66. The van der Waals surface area contributed by atoms with Crippen molar-refractivity contribution in [2.75, 3.05) is 0 Å². The van der Waals surface area contributed by atoms with Crippen molar-refractivity contribution in [2.24, 2.45) is 0 Å². The summed E-state index contributed by atoms with van der Waals surface area (Å²) in [5.41, 5.74) is 5.49. The lowest BCUT2D eigenvalue weighted by atomic mass is 9.79. The highest BCUT2D eigenvalue weighted by molar-refractivity contribution is 6.62. The molecule has 5 aromatic rings. The molecule has 3 aromatic carbocycles. The number of fused-ring (bicyclic) bond motifs is 1. The van der Waals surface area contributed by atoms with E-state index in [9.17, 15) is 0 Å². The quantitative estimate of drug-likeness (QED) is 0.279. The fourth-order valence-corrected chi connectivity index (χ4v) is 4.46. The average Bonchev–Trinajstić information content (AvgIpc) is 3.15. The van der Waals surface area contributed by atoms with Crippen molar-refractivity contribution in [3.05, 3.63) is 97.1 Å². The molecule has 6 heteroatoms. The van der Waals surface area contributed by atoms with Gasteiger partial charge in [0.25, 0.3) is 0 Å². The van der Waals surface area contributed by atoms with Crippen LogP contribution in [0, 0.1) is 0 Å². The Morgan fingerprint density at radius 2 is 1.11 bits per heavy atom. The molecule has 37 heavy (non-hydrogen) atoms. The van der Waals surface area contributed by atoms with Crippen molar-refractivity contribution in [1.29, 1.82) is 0 Å². The third-order valence-corrected chi connectivity index (χ3v) is 7.34. The van der Waals surface area contributed by atoms with Crippen molar-refractivity contribution >= 4 is 23.5 Å². The predicted octanol–water partition coefficient (Wildman–Crippen LogP) is 6.33. The first kappa shape index (κ1) is 23.5. The molecule has 0 saturated carbocycles. The molecule has 5 nitrogen and oxygen atoms in total. The predicted molar refractivity (Wildman–Crippen MR) is 149 cm³/mol. The van der Waals surface area contributed by atoms with E-state index in [0.717, 1.165) is 38.9 Å². The van der Waals surface area contributed by atoms with Crippen molar-refractivity contribution in [3.63, 3.8) is 0 Å². The zero-order valence-corrected chi connectivity index (χ0v) is 21.5. The molecule has 1 saturated heterocycles. The Balaban J connectivity index is 1.44. The van der Waals surface area contributed by atoms with Crippen LogP contribution in [-0.4, -0.2) is 33.3 Å². The van der Waals surface area contributed by atoms with E-state index in [0.29, 0.717) is 11.5 Å². The van der Waals surface area contributed by atoms with Crippen LogP contribution in [-0.2, 0) is 9.31 Å². The number of rotatable bonds is 4. The van der Waals surface area contributed by atoms with E-state index in [4.69, 9.17) is 24.3 Å². The molecule has 0 atom stereocenters. The summed E-state index contributed by atoms with van der Waals surface area (Å²) in [6.45, 7) is 8.25. The smallest absolute Gasteiger partial charge is 0.399 e. The summed E-state index contributed by atoms with van der Waals surface area (Å²) in [4.78, 5) is 14.8. The summed E-state index contributed by atoms with van der Waals surface area (Å²) < 4.78 is 12.5. The topological polar surface area (TPSA) is 57.1 Å². The second kappa shape index (κ2) is 8.91. The molecule has 1 fully saturated rings. The molecule has 2 aromatic heterocycles. The van der Waals surface area contributed by atoms with Crippen molar-refractivity contribution < 1.29 is 9.31 Å². The van der Waals surface area contributed by atoms with E-state index in [1.54, 1.807) is 0 Å². The molecule has 0 radical (unpaired) electrons. The van der Waals surface area contributed by atoms with Crippen LogP contribution in [0.1, 0.15) is 27.7 Å². The highest BCUT2D eigenvalue weighted by Gasteiger charge is 2.51. The van der Waals surface area contributed by atoms with Crippen LogP contribution in [0.2, 0.25) is 0 Å². The van der Waals surface area contributed by atoms with Crippen LogP contribution < -0.4 is 5.46 Å².